The molecule has 152 valence electrons. The van der Waals surface area contributed by atoms with Crippen LogP contribution in [0.2, 0.25) is 0 Å². The van der Waals surface area contributed by atoms with Crippen LogP contribution in [0.1, 0.15) is 26.3 Å². The third kappa shape index (κ3) is 4.67. The van der Waals surface area contributed by atoms with Gasteiger partial charge in [0.2, 0.25) is 0 Å². The van der Waals surface area contributed by atoms with Gasteiger partial charge in [0.1, 0.15) is 23.0 Å². The summed E-state index contributed by atoms with van der Waals surface area (Å²) in [5, 5.41) is 0. The van der Waals surface area contributed by atoms with Crippen LogP contribution in [0.25, 0.3) is 6.08 Å². The fourth-order valence-electron chi connectivity index (χ4n) is 2.75. The first-order valence-corrected chi connectivity index (χ1v) is 9.03. The second-order valence-electron chi connectivity index (χ2n) is 6.10. The van der Waals surface area contributed by atoms with Gasteiger partial charge in [0.05, 0.1) is 25.3 Å². The zero-order chi connectivity index (χ0) is 21.5. The van der Waals surface area contributed by atoms with Crippen LogP contribution in [0.4, 0.5) is 0 Å². The van der Waals surface area contributed by atoms with Crippen molar-refractivity contribution < 1.29 is 28.5 Å². The van der Waals surface area contributed by atoms with Gasteiger partial charge in [-0.15, -0.1) is 0 Å². The van der Waals surface area contributed by atoms with Crippen molar-refractivity contribution in [3.63, 3.8) is 0 Å². The zero-order valence-corrected chi connectivity index (χ0v) is 16.6. The topological polar surface area (TPSA) is 71.1 Å². The number of carbonyl (C=O) groups is 2. The van der Waals surface area contributed by atoms with Gasteiger partial charge in [0.15, 0.2) is 0 Å². The predicted octanol–water partition coefficient (Wildman–Crippen LogP) is 4.79. The summed E-state index contributed by atoms with van der Waals surface area (Å²) in [4.78, 5) is 25.7. The number of methoxy groups -OCH3 is 2. The molecule has 0 atom stereocenters. The Hall–Kier alpha value is -4.06. The molecule has 6 heteroatoms. The van der Waals surface area contributed by atoms with Crippen LogP contribution >= 0.6 is 0 Å². The van der Waals surface area contributed by atoms with Crippen LogP contribution in [-0.2, 0) is 0 Å². The zero-order valence-electron chi connectivity index (χ0n) is 16.6. The highest BCUT2D eigenvalue weighted by atomic mass is 16.5. The molecule has 30 heavy (non-hydrogen) atoms. The number of ether oxygens (including phenoxy) is 4. The molecule has 0 spiro atoms. The van der Waals surface area contributed by atoms with Crippen molar-refractivity contribution in [2.45, 2.75) is 0 Å². The Balaban J connectivity index is 1.88. The third-order valence-electron chi connectivity index (χ3n) is 4.28. The van der Waals surface area contributed by atoms with Gasteiger partial charge in [-0.3, -0.25) is 0 Å². The van der Waals surface area contributed by atoms with Gasteiger partial charge in [-0.1, -0.05) is 24.8 Å². The molecule has 0 saturated heterocycles. The van der Waals surface area contributed by atoms with Gasteiger partial charge in [-0.05, 0) is 60.2 Å². The molecule has 6 nitrogen and oxygen atoms in total. The number of hydrogen-bond donors (Lipinski definition) is 0. The van der Waals surface area contributed by atoms with Gasteiger partial charge >= 0.3 is 11.9 Å². The maximum absolute atomic E-state index is 12.9. The molecule has 0 aromatic heterocycles. The quantitative estimate of drug-likeness (QED) is 0.417. The van der Waals surface area contributed by atoms with Crippen molar-refractivity contribution >= 4 is 18.0 Å². The molecular formula is C24H20O6. The fraction of sp³-hybridized carbons (Fsp3) is 0.0833. The molecule has 0 N–H and O–H groups in total. The van der Waals surface area contributed by atoms with Crippen molar-refractivity contribution in [1.82, 2.24) is 0 Å². The van der Waals surface area contributed by atoms with Crippen molar-refractivity contribution in [1.29, 1.82) is 0 Å². The molecule has 0 aliphatic rings. The monoisotopic (exact) mass is 404 g/mol. The van der Waals surface area contributed by atoms with E-state index in [1.54, 1.807) is 74.9 Å². The fourth-order valence-corrected chi connectivity index (χ4v) is 2.75. The van der Waals surface area contributed by atoms with Crippen LogP contribution in [0.15, 0.2) is 73.3 Å². The number of hydrogen-bond acceptors (Lipinski definition) is 6. The Kier molecular flexibility index (Phi) is 6.49. The summed E-state index contributed by atoms with van der Waals surface area (Å²) in [6.45, 7) is 3.72. The molecule has 0 aliphatic heterocycles. The van der Waals surface area contributed by atoms with E-state index < -0.39 is 11.9 Å². The summed E-state index contributed by atoms with van der Waals surface area (Å²) < 4.78 is 21.0. The van der Waals surface area contributed by atoms with E-state index in [1.807, 2.05) is 0 Å². The predicted molar refractivity (Wildman–Crippen MR) is 112 cm³/mol. The first kappa shape index (κ1) is 20.7. The lowest BCUT2D eigenvalue weighted by molar-refractivity contribution is 0.0691. The largest absolute Gasteiger partial charge is 0.497 e. The van der Waals surface area contributed by atoms with Crippen LogP contribution < -0.4 is 18.9 Å². The van der Waals surface area contributed by atoms with Crippen LogP contribution in [0.3, 0.4) is 0 Å². The first-order valence-electron chi connectivity index (χ1n) is 9.03. The minimum atomic E-state index is -0.697. The van der Waals surface area contributed by atoms with Crippen LogP contribution in [0.5, 0.6) is 23.0 Å². The summed E-state index contributed by atoms with van der Waals surface area (Å²) in [5.74, 6) is 0.508. The van der Waals surface area contributed by atoms with E-state index in [1.165, 1.54) is 12.1 Å². The average molecular weight is 404 g/mol. The number of benzene rings is 3. The van der Waals surface area contributed by atoms with Crippen molar-refractivity contribution in [3.05, 3.63) is 90.0 Å². The molecular weight excluding hydrogens is 384 g/mol. The molecule has 0 aliphatic carbocycles. The smallest absolute Gasteiger partial charge is 0.345 e. The van der Waals surface area contributed by atoms with E-state index in [4.69, 9.17) is 18.9 Å². The lowest BCUT2D eigenvalue weighted by atomic mass is 10.0. The minimum absolute atomic E-state index is 0.0710. The van der Waals surface area contributed by atoms with Gasteiger partial charge in [0, 0.05) is 0 Å². The molecule has 0 fully saturated rings. The molecule has 0 radical (unpaired) electrons. The summed E-state index contributed by atoms with van der Waals surface area (Å²) in [7, 11) is 3.09. The second-order valence-corrected chi connectivity index (χ2v) is 6.10. The van der Waals surface area contributed by atoms with E-state index in [0.717, 1.165) is 0 Å². The first-order chi connectivity index (χ1) is 14.5. The molecule has 0 unspecified atom stereocenters. The second kappa shape index (κ2) is 9.43. The molecule has 0 amide bonds. The Morgan fingerprint density at radius 3 is 1.63 bits per heavy atom. The lowest BCUT2D eigenvalue weighted by Crippen LogP contribution is -2.19. The van der Waals surface area contributed by atoms with Gasteiger partial charge in [-0.2, -0.15) is 0 Å². The number of carbonyl (C=O) groups excluding carboxylic acids is 2. The standard InChI is InChI=1S/C24H20O6/c1-4-16-6-5-7-21(23(25)29-19-12-8-17(27-2)9-13-19)22(16)24(26)30-20-14-10-18(28-3)11-15-20/h4-15H,1H2,2-3H3. The summed E-state index contributed by atoms with van der Waals surface area (Å²) in [5.41, 5.74) is 0.598. The van der Waals surface area contributed by atoms with Gasteiger partial charge in [-0.25, -0.2) is 9.59 Å². The van der Waals surface area contributed by atoms with Crippen LogP contribution in [0, 0.1) is 0 Å². The minimum Gasteiger partial charge on any atom is -0.497 e. The van der Waals surface area contributed by atoms with Crippen molar-refractivity contribution in [2.75, 3.05) is 14.2 Å². The summed E-state index contributed by atoms with van der Waals surface area (Å²) >= 11 is 0. The third-order valence-corrected chi connectivity index (χ3v) is 4.28. The SMILES string of the molecule is C=Cc1cccc(C(=O)Oc2ccc(OC)cc2)c1C(=O)Oc1ccc(OC)cc1. The normalized spacial score (nSPS) is 10.1. The number of esters is 2. The van der Waals surface area contributed by atoms with Crippen molar-refractivity contribution in [3.8, 4) is 23.0 Å². The molecule has 3 aromatic carbocycles. The number of rotatable bonds is 7. The highest BCUT2D eigenvalue weighted by Crippen LogP contribution is 2.24. The molecule has 0 bridgehead atoms. The van der Waals surface area contributed by atoms with Gasteiger partial charge < -0.3 is 18.9 Å². The lowest BCUT2D eigenvalue weighted by Gasteiger charge is -2.12. The van der Waals surface area contributed by atoms with E-state index >= 15 is 0 Å². The Morgan fingerprint density at radius 1 is 0.700 bits per heavy atom. The van der Waals surface area contributed by atoms with Crippen molar-refractivity contribution in [2.24, 2.45) is 0 Å². The van der Waals surface area contributed by atoms with Crippen LogP contribution in [-0.4, -0.2) is 26.2 Å². The molecule has 3 rings (SSSR count). The summed E-state index contributed by atoms with van der Waals surface area (Å²) in [6, 6.07) is 17.9. The van der Waals surface area contributed by atoms with E-state index in [-0.39, 0.29) is 11.1 Å². The highest BCUT2D eigenvalue weighted by molar-refractivity contribution is 6.06. The average Bonchev–Trinajstić information content (AvgIpc) is 2.79. The Labute approximate surface area is 174 Å². The van der Waals surface area contributed by atoms with E-state index in [0.29, 0.717) is 28.6 Å². The maximum Gasteiger partial charge on any atom is 0.345 e. The highest BCUT2D eigenvalue weighted by Gasteiger charge is 2.23. The van der Waals surface area contributed by atoms with E-state index in [2.05, 4.69) is 6.58 Å². The maximum atomic E-state index is 12.9. The summed E-state index contributed by atoms with van der Waals surface area (Å²) in [6.07, 6.45) is 1.48. The molecule has 0 heterocycles. The Bertz CT molecular complexity index is 1050. The Morgan fingerprint density at radius 2 is 1.17 bits per heavy atom. The molecule has 0 saturated carbocycles. The van der Waals surface area contributed by atoms with E-state index in [9.17, 15) is 9.59 Å². The van der Waals surface area contributed by atoms with Gasteiger partial charge in [0.25, 0.3) is 0 Å². The molecule has 3 aromatic rings.